The maximum absolute atomic E-state index is 14.2. The Balaban J connectivity index is 1.68. The summed E-state index contributed by atoms with van der Waals surface area (Å²) >= 11 is 0. The molecule has 2 amide bonds. The summed E-state index contributed by atoms with van der Waals surface area (Å²) in [4.78, 5) is 29.8. The van der Waals surface area contributed by atoms with E-state index in [1.807, 2.05) is 91.5 Å². The number of aryl methyl sites for hydroxylation is 1. The van der Waals surface area contributed by atoms with Crippen LogP contribution in [0.25, 0.3) is 10.9 Å². The zero-order valence-corrected chi connectivity index (χ0v) is 21.3. The number of carbonyl (C=O) groups excluding carboxylic acids is 2. The van der Waals surface area contributed by atoms with Crippen LogP contribution >= 0.6 is 0 Å². The highest BCUT2D eigenvalue weighted by Gasteiger charge is 2.45. The number of rotatable bonds is 8. The van der Waals surface area contributed by atoms with Gasteiger partial charge in [-0.2, -0.15) is 0 Å². The lowest BCUT2D eigenvalue weighted by atomic mass is 9.79. The molecule has 0 saturated carbocycles. The Morgan fingerprint density at radius 3 is 2.51 bits per heavy atom. The number of ether oxygens (including phenoxy) is 2. The van der Waals surface area contributed by atoms with Crippen molar-refractivity contribution in [3.63, 3.8) is 0 Å². The topological polar surface area (TPSA) is 72.8 Å². The maximum atomic E-state index is 14.2. The average Bonchev–Trinajstić information content (AvgIpc) is 3.25. The van der Waals surface area contributed by atoms with Crippen LogP contribution in [0.2, 0.25) is 0 Å². The lowest BCUT2D eigenvalue weighted by Crippen LogP contribution is -2.47. The highest BCUT2D eigenvalue weighted by atomic mass is 16.5. The first-order chi connectivity index (χ1) is 18.0. The maximum Gasteiger partial charge on any atom is 0.254 e. The minimum atomic E-state index is -0.647. The number of amides is 2. The lowest BCUT2D eigenvalue weighted by Gasteiger charge is -2.41. The summed E-state index contributed by atoms with van der Waals surface area (Å²) < 4.78 is 13.2. The van der Waals surface area contributed by atoms with E-state index in [1.165, 1.54) is 0 Å². The molecule has 190 valence electrons. The van der Waals surface area contributed by atoms with Crippen molar-refractivity contribution in [2.75, 3.05) is 32.2 Å². The van der Waals surface area contributed by atoms with Crippen molar-refractivity contribution in [2.24, 2.45) is 7.05 Å². The number of aromatic nitrogens is 1. The summed E-state index contributed by atoms with van der Waals surface area (Å²) in [5.74, 6) is -0.348. The summed E-state index contributed by atoms with van der Waals surface area (Å²) in [6.45, 7) is 3.11. The van der Waals surface area contributed by atoms with E-state index in [0.717, 1.165) is 16.5 Å². The predicted molar refractivity (Wildman–Crippen MR) is 144 cm³/mol. The van der Waals surface area contributed by atoms with Crippen LogP contribution in [0.5, 0.6) is 5.75 Å². The molecule has 0 unspecified atom stereocenters. The molecule has 1 aliphatic heterocycles. The van der Waals surface area contributed by atoms with Gasteiger partial charge in [0.05, 0.1) is 30.9 Å². The van der Waals surface area contributed by atoms with Gasteiger partial charge < -0.3 is 24.3 Å². The molecule has 0 saturated heterocycles. The zero-order valence-electron chi connectivity index (χ0n) is 21.3. The molecule has 0 fully saturated rings. The van der Waals surface area contributed by atoms with E-state index in [2.05, 4.69) is 5.32 Å². The van der Waals surface area contributed by atoms with Gasteiger partial charge in [0.15, 0.2) is 0 Å². The van der Waals surface area contributed by atoms with Crippen LogP contribution < -0.4 is 10.1 Å². The van der Waals surface area contributed by atoms with Gasteiger partial charge >= 0.3 is 0 Å². The van der Waals surface area contributed by atoms with Crippen LogP contribution in [0, 0.1) is 0 Å². The van der Waals surface area contributed by atoms with Gasteiger partial charge in [0.25, 0.3) is 5.91 Å². The number of nitrogens with one attached hydrogen (secondary N) is 1. The van der Waals surface area contributed by atoms with Crippen molar-refractivity contribution in [3.8, 4) is 5.75 Å². The van der Waals surface area contributed by atoms with E-state index in [1.54, 1.807) is 18.1 Å². The van der Waals surface area contributed by atoms with Crippen molar-refractivity contribution in [3.05, 3.63) is 95.7 Å². The van der Waals surface area contributed by atoms with Gasteiger partial charge in [-0.05, 0) is 36.8 Å². The van der Waals surface area contributed by atoms with E-state index >= 15 is 0 Å². The molecule has 0 aliphatic carbocycles. The van der Waals surface area contributed by atoms with Crippen LogP contribution in [0.1, 0.15) is 40.4 Å². The van der Waals surface area contributed by atoms with Gasteiger partial charge in [-0.1, -0.05) is 48.5 Å². The normalized spacial score (nSPS) is 17.1. The Morgan fingerprint density at radius 1 is 0.973 bits per heavy atom. The van der Waals surface area contributed by atoms with E-state index in [9.17, 15) is 9.59 Å². The Hall–Kier alpha value is -4.10. The third-order valence-corrected chi connectivity index (χ3v) is 6.95. The molecule has 5 rings (SSSR count). The lowest BCUT2D eigenvalue weighted by molar-refractivity contribution is -0.119. The molecule has 0 radical (unpaired) electrons. The van der Waals surface area contributed by atoms with Crippen LogP contribution in [0.3, 0.4) is 0 Å². The van der Waals surface area contributed by atoms with Gasteiger partial charge in [-0.3, -0.25) is 9.59 Å². The molecule has 4 aromatic rings. The van der Waals surface area contributed by atoms with Crippen molar-refractivity contribution >= 4 is 28.4 Å². The van der Waals surface area contributed by atoms with Crippen molar-refractivity contribution in [1.29, 1.82) is 0 Å². The molecule has 0 bridgehead atoms. The molecule has 37 heavy (non-hydrogen) atoms. The van der Waals surface area contributed by atoms with Gasteiger partial charge in [-0.15, -0.1) is 0 Å². The van der Waals surface area contributed by atoms with Crippen molar-refractivity contribution < 1.29 is 19.1 Å². The van der Waals surface area contributed by atoms with Crippen LogP contribution in [0.4, 0.5) is 5.69 Å². The first kappa shape index (κ1) is 24.6. The first-order valence-corrected chi connectivity index (χ1v) is 12.5. The quantitative estimate of drug-likeness (QED) is 0.366. The summed E-state index contributed by atoms with van der Waals surface area (Å²) in [5, 5.41) is 4.12. The number of para-hydroxylation sites is 3. The minimum absolute atomic E-state index is 0.107. The van der Waals surface area contributed by atoms with E-state index in [-0.39, 0.29) is 11.8 Å². The van der Waals surface area contributed by atoms with Gasteiger partial charge in [-0.25, -0.2) is 0 Å². The number of hydrogen-bond donors (Lipinski definition) is 1. The van der Waals surface area contributed by atoms with E-state index in [0.29, 0.717) is 42.3 Å². The number of anilines is 1. The average molecular weight is 498 g/mol. The number of fused-ring (bicyclic) bond motifs is 2. The summed E-state index contributed by atoms with van der Waals surface area (Å²) in [5.41, 5.74) is 3.81. The van der Waals surface area contributed by atoms with Crippen LogP contribution in [0.15, 0.2) is 79.0 Å². The molecular weight excluding hydrogens is 466 g/mol. The van der Waals surface area contributed by atoms with Crippen LogP contribution in [-0.2, 0) is 16.6 Å². The number of hydrogen-bond acceptors (Lipinski definition) is 4. The summed E-state index contributed by atoms with van der Waals surface area (Å²) in [6.07, 6.45) is 2.03. The highest BCUT2D eigenvalue weighted by Crippen LogP contribution is 2.45. The molecule has 1 aliphatic rings. The fraction of sp³-hybridized carbons (Fsp3) is 0.267. The third kappa shape index (κ3) is 4.47. The summed E-state index contributed by atoms with van der Waals surface area (Å²) in [6, 6.07) is 22.4. The van der Waals surface area contributed by atoms with Crippen molar-refractivity contribution in [2.45, 2.75) is 18.9 Å². The minimum Gasteiger partial charge on any atom is -0.492 e. The Labute approximate surface area is 216 Å². The Bertz CT molecular complexity index is 1440. The molecule has 3 aromatic carbocycles. The number of nitrogens with zero attached hydrogens (tertiary/aromatic N) is 2. The number of carbonyl (C=O) groups is 2. The number of benzene rings is 3. The van der Waals surface area contributed by atoms with Crippen molar-refractivity contribution in [1.82, 2.24) is 9.47 Å². The molecule has 7 heteroatoms. The monoisotopic (exact) mass is 497 g/mol. The van der Waals surface area contributed by atoms with Crippen LogP contribution in [-0.4, -0.2) is 48.1 Å². The third-order valence-electron chi connectivity index (χ3n) is 6.95. The predicted octanol–water partition coefficient (Wildman–Crippen LogP) is 5.14. The second kappa shape index (κ2) is 10.5. The smallest absolute Gasteiger partial charge is 0.254 e. The van der Waals surface area contributed by atoms with Gasteiger partial charge in [0.1, 0.15) is 5.75 Å². The first-order valence-electron chi connectivity index (χ1n) is 12.5. The Morgan fingerprint density at radius 2 is 1.70 bits per heavy atom. The largest absolute Gasteiger partial charge is 0.492 e. The molecule has 0 spiro atoms. The summed E-state index contributed by atoms with van der Waals surface area (Å²) in [7, 11) is 3.60. The standard InChI is InChI=1S/C30H31N3O4/c1-4-37-26-16-10-8-14-24(26)31-29(34)27-21-12-5-6-13-22(21)30(35)33(17-18-36-3)28(27)23-19-32(2)25-15-9-7-11-20(23)25/h5-16,19,27-28H,4,17-18H2,1-3H3,(H,31,34)/t27-,28-/m0/s1. The fourth-order valence-electron chi connectivity index (χ4n) is 5.33. The second-order valence-corrected chi connectivity index (χ2v) is 9.13. The molecule has 2 atom stereocenters. The second-order valence-electron chi connectivity index (χ2n) is 9.13. The molecule has 2 heterocycles. The van der Waals surface area contributed by atoms with E-state index in [4.69, 9.17) is 9.47 Å². The fourth-order valence-corrected chi connectivity index (χ4v) is 5.33. The number of methoxy groups -OCH3 is 1. The molecule has 7 nitrogen and oxygen atoms in total. The zero-order chi connectivity index (χ0) is 25.9. The van der Waals surface area contributed by atoms with E-state index < -0.39 is 12.0 Å². The highest BCUT2D eigenvalue weighted by molar-refractivity contribution is 6.05. The van der Waals surface area contributed by atoms with Gasteiger partial charge in [0.2, 0.25) is 5.91 Å². The molecule has 1 aromatic heterocycles. The van der Waals surface area contributed by atoms with Gasteiger partial charge in [0, 0.05) is 48.9 Å². The SMILES string of the molecule is CCOc1ccccc1NC(=O)[C@H]1c2ccccc2C(=O)N(CCOC)[C@H]1c1cn(C)c2ccccc12. The molecular formula is C30H31N3O4. The molecule has 1 N–H and O–H groups in total. The Kier molecular flexibility index (Phi) is 6.97.